The lowest BCUT2D eigenvalue weighted by molar-refractivity contribution is -0.141. The highest BCUT2D eigenvalue weighted by Crippen LogP contribution is 2.36. The van der Waals surface area contributed by atoms with Gasteiger partial charge in [-0.25, -0.2) is 4.79 Å². The summed E-state index contributed by atoms with van der Waals surface area (Å²) in [4.78, 5) is 50.4. The Morgan fingerprint density at radius 3 is 2.59 bits per heavy atom. The molecule has 2 fully saturated rings. The normalized spacial score (nSPS) is 24.0. The van der Waals surface area contributed by atoms with Crippen molar-refractivity contribution in [2.45, 2.75) is 64.6 Å². The standard InChI is InChI=1S/C24H33N3O5/c1-15(2)12-19(26-24(31)32-14-17-6-4-3-5-7-17)22(29)27-20-18-9-8-16(13-18)10-11-25-23(30)21(20)28/h3-7,15-16,18-20H,8-14H2,1-2H3,(H,25,30)(H,26,31)(H,27,29). The minimum atomic E-state index is -0.873. The number of hydrogen-bond acceptors (Lipinski definition) is 5. The van der Waals surface area contributed by atoms with Crippen LogP contribution in [0.4, 0.5) is 4.79 Å². The Morgan fingerprint density at radius 1 is 1.12 bits per heavy atom. The molecule has 4 unspecified atom stereocenters. The minimum Gasteiger partial charge on any atom is -0.445 e. The van der Waals surface area contributed by atoms with Gasteiger partial charge in [0.15, 0.2) is 0 Å². The maximum Gasteiger partial charge on any atom is 0.408 e. The van der Waals surface area contributed by atoms with Crippen LogP contribution in [0.1, 0.15) is 51.5 Å². The van der Waals surface area contributed by atoms with Gasteiger partial charge in [-0.2, -0.15) is 0 Å². The summed E-state index contributed by atoms with van der Waals surface area (Å²) in [6.45, 7) is 4.45. The van der Waals surface area contributed by atoms with Crippen LogP contribution in [0.3, 0.4) is 0 Å². The van der Waals surface area contributed by atoms with Crippen LogP contribution >= 0.6 is 0 Å². The molecule has 1 saturated heterocycles. The molecule has 0 spiro atoms. The first-order valence-corrected chi connectivity index (χ1v) is 11.4. The lowest BCUT2D eigenvalue weighted by Crippen LogP contribution is -2.56. The van der Waals surface area contributed by atoms with E-state index in [4.69, 9.17) is 4.74 Å². The fourth-order valence-electron chi connectivity index (χ4n) is 4.56. The van der Waals surface area contributed by atoms with E-state index in [1.165, 1.54) is 0 Å². The molecule has 1 aliphatic carbocycles. The third-order valence-corrected chi connectivity index (χ3v) is 6.22. The van der Waals surface area contributed by atoms with Crippen molar-refractivity contribution in [2.75, 3.05) is 6.54 Å². The third kappa shape index (κ3) is 6.55. The molecule has 3 amide bonds. The first kappa shape index (κ1) is 23.8. The average molecular weight is 444 g/mol. The third-order valence-electron chi connectivity index (χ3n) is 6.22. The average Bonchev–Trinajstić information content (AvgIpc) is 3.24. The van der Waals surface area contributed by atoms with E-state index in [0.29, 0.717) is 18.9 Å². The number of carbonyl (C=O) groups is 4. The summed E-state index contributed by atoms with van der Waals surface area (Å²) in [6.07, 6.45) is 3.13. The van der Waals surface area contributed by atoms with Crippen LogP contribution in [-0.4, -0.2) is 42.3 Å². The van der Waals surface area contributed by atoms with Crippen molar-refractivity contribution in [3.8, 4) is 0 Å². The van der Waals surface area contributed by atoms with Crippen LogP contribution in [0.5, 0.6) is 0 Å². The topological polar surface area (TPSA) is 114 Å². The summed E-state index contributed by atoms with van der Waals surface area (Å²) < 4.78 is 5.26. The van der Waals surface area contributed by atoms with Gasteiger partial charge in [-0.05, 0) is 49.0 Å². The zero-order valence-corrected chi connectivity index (χ0v) is 18.8. The lowest BCUT2D eigenvalue weighted by Gasteiger charge is -2.26. The molecular weight excluding hydrogens is 410 g/mol. The van der Waals surface area contributed by atoms with Crippen molar-refractivity contribution in [3.05, 3.63) is 35.9 Å². The zero-order chi connectivity index (χ0) is 23.1. The van der Waals surface area contributed by atoms with Crippen molar-refractivity contribution in [3.63, 3.8) is 0 Å². The van der Waals surface area contributed by atoms with Crippen LogP contribution in [0.15, 0.2) is 30.3 Å². The molecule has 2 aliphatic rings. The minimum absolute atomic E-state index is 0.0648. The molecule has 0 aromatic heterocycles. The molecule has 1 saturated carbocycles. The van der Waals surface area contributed by atoms with Gasteiger partial charge in [0.1, 0.15) is 18.7 Å². The van der Waals surface area contributed by atoms with E-state index in [0.717, 1.165) is 31.2 Å². The summed E-state index contributed by atoms with van der Waals surface area (Å²) in [5, 5.41) is 8.08. The van der Waals surface area contributed by atoms with Crippen LogP contribution < -0.4 is 16.0 Å². The maximum absolute atomic E-state index is 13.1. The van der Waals surface area contributed by atoms with Crippen molar-refractivity contribution in [2.24, 2.45) is 17.8 Å². The molecule has 174 valence electrons. The number of nitrogens with one attached hydrogen (secondary N) is 3. The monoisotopic (exact) mass is 443 g/mol. The predicted octanol–water partition coefficient (Wildman–Crippen LogP) is 2.32. The SMILES string of the molecule is CC(C)CC(NC(=O)OCc1ccccc1)C(=O)NC1C(=O)C(=O)NCCC2CCC1C2. The van der Waals surface area contributed by atoms with Gasteiger partial charge in [-0.1, -0.05) is 50.6 Å². The van der Waals surface area contributed by atoms with E-state index in [-0.39, 0.29) is 18.4 Å². The number of ketones is 1. The molecule has 32 heavy (non-hydrogen) atoms. The van der Waals surface area contributed by atoms with Crippen molar-refractivity contribution in [1.82, 2.24) is 16.0 Å². The predicted molar refractivity (Wildman–Crippen MR) is 118 cm³/mol. The van der Waals surface area contributed by atoms with Crippen molar-refractivity contribution >= 4 is 23.7 Å². The van der Waals surface area contributed by atoms with Crippen LogP contribution in [0, 0.1) is 17.8 Å². The Hall–Kier alpha value is -2.90. The highest BCUT2D eigenvalue weighted by Gasteiger charge is 2.40. The molecule has 8 nitrogen and oxygen atoms in total. The van der Waals surface area contributed by atoms with E-state index in [1.807, 2.05) is 44.2 Å². The summed E-state index contributed by atoms with van der Waals surface area (Å²) >= 11 is 0. The first-order valence-electron chi connectivity index (χ1n) is 11.4. The van der Waals surface area contributed by atoms with E-state index in [2.05, 4.69) is 16.0 Å². The number of carbonyl (C=O) groups excluding carboxylic acids is 4. The molecule has 1 heterocycles. The highest BCUT2D eigenvalue weighted by molar-refractivity contribution is 6.38. The Balaban J connectivity index is 1.65. The number of rotatable bonds is 7. The van der Waals surface area contributed by atoms with Gasteiger partial charge < -0.3 is 20.7 Å². The van der Waals surface area contributed by atoms with Gasteiger partial charge in [0, 0.05) is 6.54 Å². The van der Waals surface area contributed by atoms with Crippen LogP contribution in [0.25, 0.3) is 0 Å². The second-order valence-electron chi connectivity index (χ2n) is 9.22. The molecule has 4 atom stereocenters. The van der Waals surface area contributed by atoms with Crippen molar-refractivity contribution < 1.29 is 23.9 Å². The maximum atomic E-state index is 13.1. The van der Waals surface area contributed by atoms with E-state index < -0.39 is 35.8 Å². The Morgan fingerprint density at radius 2 is 1.88 bits per heavy atom. The number of ether oxygens (including phenoxy) is 1. The van der Waals surface area contributed by atoms with E-state index in [9.17, 15) is 19.2 Å². The number of alkyl carbamates (subject to hydrolysis) is 1. The van der Waals surface area contributed by atoms with Gasteiger partial charge in [-0.3, -0.25) is 14.4 Å². The highest BCUT2D eigenvalue weighted by atomic mass is 16.5. The van der Waals surface area contributed by atoms with Crippen molar-refractivity contribution in [1.29, 1.82) is 0 Å². The quantitative estimate of drug-likeness (QED) is 0.560. The fraction of sp³-hybridized carbons (Fsp3) is 0.583. The molecule has 3 N–H and O–H groups in total. The van der Waals surface area contributed by atoms with E-state index in [1.54, 1.807) is 0 Å². The second kappa shape index (κ2) is 11.1. The zero-order valence-electron chi connectivity index (χ0n) is 18.8. The largest absolute Gasteiger partial charge is 0.445 e. The first-order chi connectivity index (χ1) is 15.3. The molecule has 1 aromatic rings. The number of fused-ring (bicyclic) bond motifs is 2. The summed E-state index contributed by atoms with van der Waals surface area (Å²) in [7, 11) is 0. The molecule has 8 heteroatoms. The van der Waals surface area contributed by atoms with Gasteiger partial charge >= 0.3 is 6.09 Å². The summed E-state index contributed by atoms with van der Waals surface area (Å²) in [6, 6.07) is 7.52. The molecule has 3 rings (SSSR count). The Bertz CT molecular complexity index is 826. The van der Waals surface area contributed by atoms with Gasteiger partial charge in [0.25, 0.3) is 5.91 Å². The van der Waals surface area contributed by atoms with Gasteiger partial charge in [0.05, 0.1) is 0 Å². The second-order valence-corrected chi connectivity index (χ2v) is 9.22. The summed E-state index contributed by atoms with van der Waals surface area (Å²) in [5.74, 6) is -1.23. The number of Topliss-reactive ketones (excluding diaryl/α,β-unsaturated/α-hetero) is 1. The smallest absolute Gasteiger partial charge is 0.408 e. The summed E-state index contributed by atoms with van der Waals surface area (Å²) in [5.41, 5.74) is 0.838. The number of amides is 3. The van der Waals surface area contributed by atoms with Gasteiger partial charge in [0.2, 0.25) is 11.7 Å². The molecular formula is C24H33N3O5. The lowest BCUT2D eigenvalue weighted by atomic mass is 9.92. The van der Waals surface area contributed by atoms with Crippen LogP contribution in [0.2, 0.25) is 0 Å². The molecule has 1 aromatic carbocycles. The number of benzene rings is 1. The molecule has 1 aliphatic heterocycles. The number of hydrogen-bond donors (Lipinski definition) is 3. The molecule has 2 bridgehead atoms. The Labute approximate surface area is 188 Å². The fourth-order valence-corrected chi connectivity index (χ4v) is 4.56. The van der Waals surface area contributed by atoms with Gasteiger partial charge in [-0.15, -0.1) is 0 Å². The molecule has 0 radical (unpaired) electrons. The Kier molecular flexibility index (Phi) is 8.25. The van der Waals surface area contributed by atoms with E-state index >= 15 is 0 Å². The van der Waals surface area contributed by atoms with Crippen LogP contribution in [-0.2, 0) is 25.7 Å².